The number of thiophene rings is 1. The number of para-hydroxylation sites is 1. The van der Waals surface area contributed by atoms with Crippen molar-refractivity contribution < 1.29 is 9.53 Å². The van der Waals surface area contributed by atoms with E-state index in [0.29, 0.717) is 38.2 Å². The lowest BCUT2D eigenvalue weighted by Gasteiger charge is -2.21. The molecule has 10 heteroatoms. The largest absolute Gasteiger partial charge is 0.494 e. The fourth-order valence-electron chi connectivity index (χ4n) is 2.41. The number of aromatic nitrogens is 1. The van der Waals surface area contributed by atoms with Gasteiger partial charge in [-0.2, -0.15) is 0 Å². The van der Waals surface area contributed by atoms with Crippen molar-refractivity contribution in [3.63, 3.8) is 0 Å². The maximum Gasteiger partial charge on any atom is 0.262 e. The van der Waals surface area contributed by atoms with Gasteiger partial charge >= 0.3 is 0 Å². The number of carbonyl (C=O) groups excluding carboxylic acids is 1. The van der Waals surface area contributed by atoms with Crippen LogP contribution >= 0.6 is 58.3 Å². The topological polar surface area (TPSA) is 45.7 Å². The Morgan fingerprint density at radius 2 is 1.96 bits per heavy atom. The predicted octanol–water partition coefficient (Wildman–Crippen LogP) is 5.30. The number of fused-ring (bicyclic) bond motifs is 1. The van der Waals surface area contributed by atoms with E-state index in [1.54, 1.807) is 18.1 Å². The first kappa shape index (κ1) is 22.2. The Balaban J connectivity index is 0.00000261. The second-order valence-electron chi connectivity index (χ2n) is 5.80. The van der Waals surface area contributed by atoms with E-state index in [1.807, 2.05) is 37.2 Å². The number of likely N-dealkylation sites (N-methyl/N-ethyl adjacent to an activating group) is 1. The van der Waals surface area contributed by atoms with Crippen LogP contribution in [0.4, 0.5) is 5.13 Å². The summed E-state index contributed by atoms with van der Waals surface area (Å²) in [5.74, 6) is 0.472. The lowest BCUT2D eigenvalue weighted by molar-refractivity contribution is 0.0986. The van der Waals surface area contributed by atoms with Crippen molar-refractivity contribution in [2.45, 2.75) is 0 Å². The van der Waals surface area contributed by atoms with Gasteiger partial charge in [-0.15, -0.1) is 23.7 Å². The monoisotopic (exact) mass is 465 g/mol. The van der Waals surface area contributed by atoms with Gasteiger partial charge < -0.3 is 9.64 Å². The number of methoxy groups -OCH3 is 1. The third kappa shape index (κ3) is 4.85. The molecule has 0 radical (unpaired) electrons. The third-order valence-electron chi connectivity index (χ3n) is 3.72. The summed E-state index contributed by atoms with van der Waals surface area (Å²) in [6, 6.07) is 7.33. The van der Waals surface area contributed by atoms with Crippen molar-refractivity contribution in [1.29, 1.82) is 0 Å². The normalized spacial score (nSPS) is 10.9. The molecule has 0 N–H and O–H groups in total. The van der Waals surface area contributed by atoms with Gasteiger partial charge in [0.25, 0.3) is 5.91 Å². The summed E-state index contributed by atoms with van der Waals surface area (Å²) in [5, 5.41) is 0.606. The summed E-state index contributed by atoms with van der Waals surface area (Å²) >= 11 is 14.8. The summed E-state index contributed by atoms with van der Waals surface area (Å²) in [7, 11) is 5.52. The molecule has 1 aromatic carbocycles. The molecule has 27 heavy (non-hydrogen) atoms. The number of carbonyl (C=O) groups is 1. The maximum atomic E-state index is 13.1. The lowest BCUT2D eigenvalue weighted by Crippen LogP contribution is -2.36. The molecule has 0 fully saturated rings. The van der Waals surface area contributed by atoms with E-state index in [4.69, 9.17) is 27.9 Å². The predicted molar refractivity (Wildman–Crippen MR) is 118 cm³/mol. The van der Waals surface area contributed by atoms with E-state index in [2.05, 4.69) is 4.98 Å². The lowest BCUT2D eigenvalue weighted by atomic mass is 10.3. The Labute approximate surface area is 181 Å². The first-order valence-corrected chi connectivity index (χ1v) is 10.1. The van der Waals surface area contributed by atoms with Gasteiger partial charge in [0.15, 0.2) is 5.13 Å². The van der Waals surface area contributed by atoms with Crippen LogP contribution in [-0.2, 0) is 0 Å². The molecule has 0 unspecified atom stereocenters. The summed E-state index contributed by atoms with van der Waals surface area (Å²) in [6.45, 7) is 1.17. The number of benzene rings is 1. The molecule has 0 aliphatic carbocycles. The smallest absolute Gasteiger partial charge is 0.262 e. The molecule has 146 valence electrons. The van der Waals surface area contributed by atoms with Crippen LogP contribution in [0.2, 0.25) is 8.67 Å². The highest BCUT2D eigenvalue weighted by atomic mass is 35.5. The van der Waals surface area contributed by atoms with Crippen molar-refractivity contribution in [3.8, 4) is 5.75 Å². The van der Waals surface area contributed by atoms with E-state index in [0.717, 1.165) is 10.2 Å². The van der Waals surface area contributed by atoms with Crippen LogP contribution in [-0.4, -0.2) is 50.1 Å². The van der Waals surface area contributed by atoms with Crippen LogP contribution in [0.1, 0.15) is 10.4 Å². The molecule has 5 nitrogen and oxygen atoms in total. The molecule has 0 saturated carbocycles. The van der Waals surface area contributed by atoms with Gasteiger partial charge in [-0.25, -0.2) is 4.98 Å². The highest BCUT2D eigenvalue weighted by Crippen LogP contribution is 2.37. The fraction of sp³-hybridized carbons (Fsp3) is 0.294. The van der Waals surface area contributed by atoms with Gasteiger partial charge in [-0.05, 0) is 32.3 Å². The number of nitrogens with zero attached hydrogens (tertiary/aromatic N) is 3. The molecule has 0 aliphatic rings. The van der Waals surface area contributed by atoms with Gasteiger partial charge in [0.05, 0.1) is 21.7 Å². The van der Waals surface area contributed by atoms with E-state index in [1.165, 1.54) is 22.7 Å². The second kappa shape index (κ2) is 9.41. The van der Waals surface area contributed by atoms with Crippen molar-refractivity contribution in [3.05, 3.63) is 38.5 Å². The highest BCUT2D eigenvalue weighted by molar-refractivity contribution is 7.22. The van der Waals surface area contributed by atoms with Crippen molar-refractivity contribution in [1.82, 2.24) is 9.88 Å². The minimum Gasteiger partial charge on any atom is -0.494 e. The van der Waals surface area contributed by atoms with Crippen LogP contribution in [0, 0.1) is 0 Å². The Kier molecular flexibility index (Phi) is 7.73. The summed E-state index contributed by atoms with van der Waals surface area (Å²) < 4.78 is 7.20. The minimum absolute atomic E-state index is 0. The van der Waals surface area contributed by atoms with Gasteiger partial charge in [0.2, 0.25) is 0 Å². The average molecular weight is 467 g/mol. The van der Waals surface area contributed by atoms with Gasteiger partial charge in [0, 0.05) is 13.1 Å². The molecular weight excluding hydrogens is 449 g/mol. The van der Waals surface area contributed by atoms with Crippen molar-refractivity contribution in [2.75, 3.05) is 39.2 Å². The molecule has 3 rings (SSSR count). The maximum absolute atomic E-state index is 13.1. The molecule has 0 aliphatic heterocycles. The molecule has 0 bridgehead atoms. The SMILES string of the molecule is COc1cccc2sc(N(CCN(C)C)C(=O)c3cc(Cl)sc3Cl)nc12.Cl. The van der Waals surface area contributed by atoms with E-state index >= 15 is 0 Å². The number of ether oxygens (including phenoxy) is 1. The molecule has 2 heterocycles. The number of hydrogen-bond donors (Lipinski definition) is 0. The van der Waals surface area contributed by atoms with Crippen LogP contribution in [0.25, 0.3) is 10.2 Å². The zero-order chi connectivity index (χ0) is 18.8. The summed E-state index contributed by atoms with van der Waals surface area (Å²) in [5.41, 5.74) is 1.14. The van der Waals surface area contributed by atoms with Gasteiger partial charge in [-0.1, -0.05) is 40.6 Å². The Morgan fingerprint density at radius 3 is 2.56 bits per heavy atom. The second-order valence-corrected chi connectivity index (χ2v) is 9.10. The molecule has 1 amide bonds. The van der Waals surface area contributed by atoms with Crippen LogP contribution in [0.15, 0.2) is 24.3 Å². The number of thiazole rings is 1. The summed E-state index contributed by atoms with van der Waals surface area (Å²) in [6.07, 6.45) is 0. The molecule has 0 atom stereocenters. The number of amides is 1. The van der Waals surface area contributed by atoms with Crippen LogP contribution in [0.5, 0.6) is 5.75 Å². The molecule has 2 aromatic heterocycles. The average Bonchev–Trinajstić information content (AvgIpc) is 3.16. The van der Waals surface area contributed by atoms with Gasteiger partial charge in [-0.3, -0.25) is 9.69 Å². The van der Waals surface area contributed by atoms with E-state index < -0.39 is 0 Å². The number of halogens is 3. The van der Waals surface area contributed by atoms with Crippen LogP contribution in [0.3, 0.4) is 0 Å². The van der Waals surface area contributed by atoms with E-state index in [9.17, 15) is 4.79 Å². The first-order valence-electron chi connectivity index (χ1n) is 7.75. The number of hydrogen-bond acceptors (Lipinski definition) is 6. The minimum atomic E-state index is -0.210. The molecule has 3 aromatic rings. The zero-order valence-corrected chi connectivity index (χ0v) is 18.8. The standard InChI is InChI=1S/C17H17Cl2N3O2S2.ClH/c1-21(2)7-8-22(16(23)10-9-13(18)26-15(10)19)17-20-14-11(24-3)5-4-6-12(14)25-17;/h4-6,9H,7-8H2,1-3H3;1H. The van der Waals surface area contributed by atoms with E-state index in [-0.39, 0.29) is 18.3 Å². The number of rotatable bonds is 6. The quantitative estimate of drug-likeness (QED) is 0.494. The summed E-state index contributed by atoms with van der Waals surface area (Å²) in [4.78, 5) is 21.4. The zero-order valence-electron chi connectivity index (χ0n) is 14.9. The first-order chi connectivity index (χ1) is 12.4. The van der Waals surface area contributed by atoms with Crippen LogP contribution < -0.4 is 9.64 Å². The Hall–Kier alpha value is -1.09. The Morgan fingerprint density at radius 1 is 1.22 bits per heavy atom. The Bertz CT molecular complexity index is 943. The fourth-order valence-corrected chi connectivity index (χ4v) is 4.86. The van der Waals surface area contributed by atoms with Crippen molar-refractivity contribution in [2.24, 2.45) is 0 Å². The van der Waals surface area contributed by atoms with Gasteiger partial charge in [0.1, 0.15) is 15.6 Å². The van der Waals surface area contributed by atoms with Crippen molar-refractivity contribution >= 4 is 79.5 Å². The highest BCUT2D eigenvalue weighted by Gasteiger charge is 2.25. The molecule has 0 saturated heterocycles. The molecular formula is C17H18Cl3N3O2S2. The molecule has 0 spiro atoms. The third-order valence-corrected chi connectivity index (χ3v) is 6.26. The number of anilines is 1.